The van der Waals surface area contributed by atoms with Crippen molar-refractivity contribution in [3.05, 3.63) is 0 Å². The molecule has 3 fully saturated rings. The lowest BCUT2D eigenvalue weighted by atomic mass is 9.86. The van der Waals surface area contributed by atoms with Crippen molar-refractivity contribution < 1.29 is 14.4 Å². The average molecular weight is 364 g/mol. The number of rotatable bonds is 4. The van der Waals surface area contributed by atoms with E-state index in [1.54, 1.807) is 0 Å². The van der Waals surface area contributed by atoms with Gasteiger partial charge in [0.15, 0.2) is 0 Å². The summed E-state index contributed by atoms with van der Waals surface area (Å²) in [4.78, 5) is 38.6. The number of amides is 3. The molecular weight excluding hydrogens is 330 g/mol. The van der Waals surface area contributed by atoms with Gasteiger partial charge in [0.25, 0.3) is 0 Å². The maximum absolute atomic E-state index is 12.8. The fourth-order valence-electron chi connectivity index (χ4n) is 4.68. The van der Waals surface area contributed by atoms with Crippen molar-refractivity contribution in [2.45, 2.75) is 70.8 Å². The second-order valence-corrected chi connectivity index (χ2v) is 8.48. The van der Waals surface area contributed by atoms with Crippen molar-refractivity contribution in [3.8, 4) is 0 Å². The molecule has 2 saturated heterocycles. The minimum atomic E-state index is -0.0714. The van der Waals surface area contributed by atoms with Gasteiger partial charge in [-0.2, -0.15) is 0 Å². The van der Waals surface area contributed by atoms with Gasteiger partial charge in [0.1, 0.15) is 0 Å². The average Bonchev–Trinajstić information content (AvgIpc) is 2.84. The molecule has 6 nitrogen and oxygen atoms in total. The Bertz CT molecular complexity index is 530. The van der Waals surface area contributed by atoms with Gasteiger partial charge in [0, 0.05) is 38.4 Å². The number of hydrogen-bond donors (Lipinski definition) is 2. The molecule has 26 heavy (non-hydrogen) atoms. The van der Waals surface area contributed by atoms with E-state index in [1.165, 1.54) is 32.1 Å². The minimum absolute atomic E-state index is 0.0444. The summed E-state index contributed by atoms with van der Waals surface area (Å²) in [6.07, 6.45) is 8.56. The van der Waals surface area contributed by atoms with Crippen LogP contribution in [0, 0.1) is 17.8 Å². The predicted octanol–water partition coefficient (Wildman–Crippen LogP) is 1.84. The zero-order valence-electron chi connectivity index (χ0n) is 16.0. The van der Waals surface area contributed by atoms with E-state index in [0.717, 1.165) is 0 Å². The van der Waals surface area contributed by atoms with E-state index < -0.39 is 0 Å². The first kappa shape index (κ1) is 19.2. The van der Waals surface area contributed by atoms with Crippen LogP contribution in [0.2, 0.25) is 0 Å². The lowest BCUT2D eigenvalue weighted by Crippen LogP contribution is -2.42. The molecule has 3 amide bonds. The van der Waals surface area contributed by atoms with Gasteiger partial charge in [0.05, 0.1) is 6.04 Å². The van der Waals surface area contributed by atoms with E-state index in [-0.39, 0.29) is 35.6 Å². The lowest BCUT2D eigenvalue weighted by molar-refractivity contribution is -0.135. The summed E-state index contributed by atoms with van der Waals surface area (Å²) in [5, 5.41) is 6.02. The number of nitrogens with one attached hydrogen (secondary N) is 2. The van der Waals surface area contributed by atoms with E-state index in [2.05, 4.69) is 17.6 Å². The Balaban J connectivity index is 1.48. The van der Waals surface area contributed by atoms with Crippen LogP contribution in [0.25, 0.3) is 0 Å². The summed E-state index contributed by atoms with van der Waals surface area (Å²) in [6, 6.07) is 0.0561. The first-order valence-electron chi connectivity index (χ1n) is 10.4. The Morgan fingerprint density at radius 3 is 2.65 bits per heavy atom. The molecule has 2 heterocycles. The Morgan fingerprint density at radius 1 is 1.12 bits per heavy atom. The lowest BCUT2D eigenvalue weighted by Gasteiger charge is -2.23. The Kier molecular flexibility index (Phi) is 6.54. The molecule has 146 valence electrons. The number of carbonyl (C=O) groups is 3. The molecule has 0 aromatic rings. The number of likely N-dealkylation sites (tertiary alicyclic amines) is 1. The summed E-state index contributed by atoms with van der Waals surface area (Å²) in [7, 11) is 0. The molecule has 3 rings (SSSR count). The highest BCUT2D eigenvalue weighted by atomic mass is 16.2. The van der Waals surface area contributed by atoms with Gasteiger partial charge in [-0.05, 0) is 37.5 Å². The van der Waals surface area contributed by atoms with Crippen LogP contribution in [-0.2, 0) is 14.4 Å². The van der Waals surface area contributed by atoms with Crippen LogP contribution in [0.15, 0.2) is 0 Å². The molecule has 2 aliphatic heterocycles. The van der Waals surface area contributed by atoms with Crippen molar-refractivity contribution in [1.82, 2.24) is 15.5 Å². The standard InChI is InChI=1S/C20H33N3O3/c1-14-12-23(20(26)16-7-8-18(24)21-10-9-16)13-17(14)22-19(25)11-15-5-3-2-4-6-15/h14-17H,2-13H2,1H3,(H,21,24)(H,22,25)/t14-,16?,17-/m1/s1. The molecule has 6 heteroatoms. The molecule has 0 bridgehead atoms. The highest BCUT2D eigenvalue weighted by Crippen LogP contribution is 2.27. The van der Waals surface area contributed by atoms with Crippen molar-refractivity contribution in [2.75, 3.05) is 19.6 Å². The van der Waals surface area contributed by atoms with Gasteiger partial charge >= 0.3 is 0 Å². The van der Waals surface area contributed by atoms with Crippen LogP contribution in [-0.4, -0.2) is 48.3 Å². The van der Waals surface area contributed by atoms with Crippen molar-refractivity contribution in [2.24, 2.45) is 17.8 Å². The molecule has 0 aromatic heterocycles. The van der Waals surface area contributed by atoms with E-state index in [0.29, 0.717) is 51.2 Å². The Labute approximate surface area is 156 Å². The molecular formula is C20H33N3O3. The van der Waals surface area contributed by atoms with E-state index in [1.807, 2.05) is 4.90 Å². The largest absolute Gasteiger partial charge is 0.356 e. The number of carbonyl (C=O) groups excluding carboxylic acids is 3. The van der Waals surface area contributed by atoms with Crippen molar-refractivity contribution >= 4 is 17.7 Å². The molecule has 2 N–H and O–H groups in total. The molecule has 3 atom stereocenters. The fraction of sp³-hybridized carbons (Fsp3) is 0.850. The van der Waals surface area contributed by atoms with E-state index in [4.69, 9.17) is 0 Å². The topological polar surface area (TPSA) is 78.5 Å². The fourth-order valence-corrected chi connectivity index (χ4v) is 4.68. The van der Waals surface area contributed by atoms with Crippen LogP contribution in [0.1, 0.15) is 64.7 Å². The SMILES string of the molecule is C[C@@H]1CN(C(=O)C2CCNC(=O)CC2)C[C@H]1NC(=O)CC1CCCCC1. The van der Waals surface area contributed by atoms with Gasteiger partial charge in [-0.3, -0.25) is 14.4 Å². The first-order valence-corrected chi connectivity index (χ1v) is 10.4. The molecule has 1 aliphatic carbocycles. The van der Waals surface area contributed by atoms with Crippen molar-refractivity contribution in [3.63, 3.8) is 0 Å². The number of nitrogens with zero attached hydrogens (tertiary/aromatic N) is 1. The highest BCUT2D eigenvalue weighted by molar-refractivity contribution is 5.82. The predicted molar refractivity (Wildman–Crippen MR) is 99.2 cm³/mol. The molecule has 0 aromatic carbocycles. The smallest absolute Gasteiger partial charge is 0.225 e. The minimum Gasteiger partial charge on any atom is -0.356 e. The van der Waals surface area contributed by atoms with Crippen LogP contribution in [0.5, 0.6) is 0 Å². The first-order chi connectivity index (χ1) is 12.5. The second-order valence-electron chi connectivity index (χ2n) is 8.48. The normalized spacial score (nSPS) is 30.6. The Hall–Kier alpha value is -1.59. The van der Waals surface area contributed by atoms with Crippen LogP contribution in [0.3, 0.4) is 0 Å². The molecule has 1 saturated carbocycles. The van der Waals surface area contributed by atoms with E-state index in [9.17, 15) is 14.4 Å². The molecule has 3 aliphatic rings. The highest BCUT2D eigenvalue weighted by Gasteiger charge is 2.36. The zero-order chi connectivity index (χ0) is 18.5. The summed E-state index contributed by atoms with van der Waals surface area (Å²) in [5.41, 5.74) is 0. The van der Waals surface area contributed by atoms with Gasteiger partial charge in [-0.15, -0.1) is 0 Å². The number of hydrogen-bond acceptors (Lipinski definition) is 3. The van der Waals surface area contributed by atoms with Crippen molar-refractivity contribution in [1.29, 1.82) is 0 Å². The van der Waals surface area contributed by atoms with Gasteiger partial charge < -0.3 is 15.5 Å². The molecule has 0 spiro atoms. The zero-order valence-corrected chi connectivity index (χ0v) is 16.0. The van der Waals surface area contributed by atoms with Gasteiger partial charge in [-0.1, -0.05) is 26.2 Å². The quantitative estimate of drug-likeness (QED) is 0.800. The third-order valence-electron chi connectivity index (χ3n) is 6.35. The van der Waals surface area contributed by atoms with E-state index >= 15 is 0 Å². The summed E-state index contributed by atoms with van der Waals surface area (Å²) in [6.45, 7) is 4.00. The molecule has 1 unspecified atom stereocenters. The van der Waals surface area contributed by atoms with Crippen LogP contribution in [0.4, 0.5) is 0 Å². The third-order valence-corrected chi connectivity index (χ3v) is 6.35. The Morgan fingerprint density at radius 2 is 1.88 bits per heavy atom. The molecule has 0 radical (unpaired) electrons. The second kappa shape index (κ2) is 8.87. The van der Waals surface area contributed by atoms with Crippen LogP contribution < -0.4 is 10.6 Å². The summed E-state index contributed by atoms with van der Waals surface area (Å²) in [5.74, 6) is 1.08. The maximum atomic E-state index is 12.8. The monoisotopic (exact) mass is 363 g/mol. The maximum Gasteiger partial charge on any atom is 0.225 e. The van der Waals surface area contributed by atoms with Gasteiger partial charge in [-0.25, -0.2) is 0 Å². The summed E-state index contributed by atoms with van der Waals surface area (Å²) >= 11 is 0. The van der Waals surface area contributed by atoms with Crippen LogP contribution >= 0.6 is 0 Å². The van der Waals surface area contributed by atoms with Gasteiger partial charge in [0.2, 0.25) is 17.7 Å². The summed E-state index contributed by atoms with van der Waals surface area (Å²) < 4.78 is 0. The third kappa shape index (κ3) is 4.98.